The molecule has 0 spiro atoms. The minimum atomic E-state index is -1.18. The number of benzene rings is 2. The quantitative estimate of drug-likeness (QED) is 0.341. The topological polar surface area (TPSA) is 138 Å². The molecule has 6 rings (SSSR count). The summed E-state index contributed by atoms with van der Waals surface area (Å²) >= 11 is 0. The molecule has 0 unspecified atom stereocenters. The molecule has 1 heterocycles. The largest absolute Gasteiger partial charge is 0.508 e. The van der Waals surface area contributed by atoms with Crippen molar-refractivity contribution in [1.29, 1.82) is 0 Å². The van der Waals surface area contributed by atoms with Gasteiger partial charge in [-0.2, -0.15) is 0 Å². The summed E-state index contributed by atoms with van der Waals surface area (Å²) in [6, 6.07) is 10.2. The van der Waals surface area contributed by atoms with Crippen molar-refractivity contribution in [3.8, 4) is 11.5 Å². The molecular formula is C31H25NO8. The Bertz CT molecular complexity index is 1640. The lowest BCUT2D eigenvalue weighted by Crippen LogP contribution is -2.39. The van der Waals surface area contributed by atoms with E-state index in [1.807, 2.05) is 6.08 Å². The van der Waals surface area contributed by atoms with Gasteiger partial charge in [0.25, 0.3) is 0 Å². The highest BCUT2D eigenvalue weighted by Gasteiger charge is 2.56. The summed E-state index contributed by atoms with van der Waals surface area (Å²) in [6.45, 7) is 1.58. The molecule has 0 aromatic heterocycles. The van der Waals surface area contributed by atoms with Crippen LogP contribution < -0.4 is 9.64 Å². The molecule has 1 aliphatic heterocycles. The molecule has 0 bridgehead atoms. The van der Waals surface area contributed by atoms with Gasteiger partial charge in [0, 0.05) is 34.3 Å². The van der Waals surface area contributed by atoms with Crippen LogP contribution >= 0.6 is 0 Å². The first-order chi connectivity index (χ1) is 19.1. The molecule has 2 aromatic rings. The molecule has 40 heavy (non-hydrogen) atoms. The van der Waals surface area contributed by atoms with Crippen molar-refractivity contribution in [2.45, 2.75) is 25.7 Å². The van der Waals surface area contributed by atoms with Gasteiger partial charge in [0.1, 0.15) is 11.5 Å². The molecular weight excluding hydrogens is 514 g/mol. The number of hydrogen-bond acceptors (Lipinski definition) is 7. The molecule has 2 N–H and O–H groups in total. The van der Waals surface area contributed by atoms with Gasteiger partial charge in [-0.1, -0.05) is 23.8 Å². The third-order valence-corrected chi connectivity index (χ3v) is 8.44. The Morgan fingerprint density at radius 1 is 1.02 bits per heavy atom. The van der Waals surface area contributed by atoms with E-state index in [0.717, 1.165) is 10.5 Å². The van der Waals surface area contributed by atoms with Crippen molar-refractivity contribution in [1.82, 2.24) is 0 Å². The second-order valence-electron chi connectivity index (χ2n) is 10.5. The van der Waals surface area contributed by atoms with Crippen LogP contribution in [-0.2, 0) is 19.2 Å². The van der Waals surface area contributed by atoms with Crippen molar-refractivity contribution in [3.63, 3.8) is 0 Å². The fourth-order valence-corrected chi connectivity index (χ4v) is 6.71. The lowest BCUT2D eigenvalue weighted by atomic mass is 9.59. The molecule has 9 heteroatoms. The number of ether oxygens (including phenoxy) is 1. The first-order valence-corrected chi connectivity index (χ1v) is 12.9. The number of aromatic carboxylic acids is 1. The maximum absolute atomic E-state index is 14.0. The number of Topliss-reactive ketones (excluding diaryl/α,β-unsaturated/α-hetero) is 1. The molecule has 0 saturated carbocycles. The van der Waals surface area contributed by atoms with Crippen LogP contribution in [0.25, 0.3) is 0 Å². The van der Waals surface area contributed by atoms with Crippen LogP contribution in [0.15, 0.2) is 76.9 Å². The molecule has 9 nitrogen and oxygen atoms in total. The van der Waals surface area contributed by atoms with E-state index >= 15 is 0 Å². The minimum absolute atomic E-state index is 0.0301. The third-order valence-electron chi connectivity index (χ3n) is 8.44. The molecule has 4 atom stereocenters. The van der Waals surface area contributed by atoms with E-state index in [1.54, 1.807) is 13.0 Å². The van der Waals surface area contributed by atoms with Crippen LogP contribution in [0.1, 0.15) is 41.6 Å². The summed E-state index contributed by atoms with van der Waals surface area (Å²) in [5.74, 6) is -5.08. The van der Waals surface area contributed by atoms with Gasteiger partial charge in [-0.25, -0.2) is 4.79 Å². The lowest BCUT2D eigenvalue weighted by Gasteiger charge is -2.42. The second-order valence-corrected chi connectivity index (χ2v) is 10.5. The number of aromatic hydroxyl groups is 1. The summed E-state index contributed by atoms with van der Waals surface area (Å²) in [5, 5.41) is 19.5. The highest BCUT2D eigenvalue weighted by Crippen LogP contribution is 2.56. The third kappa shape index (κ3) is 3.65. The number of imide groups is 1. The first-order valence-electron chi connectivity index (χ1n) is 12.9. The number of ketones is 2. The highest BCUT2D eigenvalue weighted by atomic mass is 16.5. The number of carboxylic acid groups (broad SMARTS) is 1. The highest BCUT2D eigenvalue weighted by molar-refractivity contribution is 6.25. The molecule has 2 aromatic carbocycles. The van der Waals surface area contributed by atoms with E-state index in [0.29, 0.717) is 28.0 Å². The second kappa shape index (κ2) is 9.15. The van der Waals surface area contributed by atoms with Crippen LogP contribution in [0.5, 0.6) is 11.5 Å². The Kier molecular flexibility index (Phi) is 5.83. The zero-order chi connectivity index (χ0) is 28.5. The van der Waals surface area contributed by atoms with E-state index < -0.39 is 41.5 Å². The average molecular weight is 540 g/mol. The van der Waals surface area contributed by atoms with E-state index in [4.69, 9.17) is 4.74 Å². The number of nitrogens with zero attached hydrogens (tertiary/aromatic N) is 1. The molecule has 4 aliphatic rings. The number of anilines is 1. The zero-order valence-corrected chi connectivity index (χ0v) is 21.7. The normalized spacial score (nSPS) is 25.7. The fourth-order valence-electron chi connectivity index (χ4n) is 6.71. The monoisotopic (exact) mass is 539 g/mol. The molecule has 2 amide bonds. The van der Waals surface area contributed by atoms with Gasteiger partial charge in [0.05, 0.1) is 30.2 Å². The standard InChI is InChI=1S/C31H25NO8/c1-14-10-23(34)27-22(28(14)35)13-21-18(25(27)19-7-6-17(33)12-24(19)40-2)8-9-20-26(21)30(37)32(29(20)36)16-5-3-4-15(11-16)31(38)39/h3-8,10-12,20-21,25-26,33H,9,13H2,1-2H3,(H,38,39)/t20-,21+,25+,26-/m0/s1. The van der Waals surface area contributed by atoms with Gasteiger partial charge in [-0.05, 0) is 56.0 Å². The maximum atomic E-state index is 14.0. The van der Waals surface area contributed by atoms with Gasteiger partial charge in [0.15, 0.2) is 11.6 Å². The SMILES string of the molecule is COc1cc(O)ccc1[C@H]1C2=CC[C@@H]3C(=O)N(c4cccc(C(=O)O)c4)C(=O)[C@@H]3[C@@H]2CC2=C1C(=O)C=C(C)C2=O. The van der Waals surface area contributed by atoms with Crippen molar-refractivity contribution in [3.05, 3.63) is 88.0 Å². The number of fused-ring (bicyclic) bond motifs is 3. The lowest BCUT2D eigenvalue weighted by molar-refractivity contribution is -0.123. The minimum Gasteiger partial charge on any atom is -0.508 e. The average Bonchev–Trinajstić information content (AvgIpc) is 3.20. The number of carbonyl (C=O) groups excluding carboxylic acids is 4. The van der Waals surface area contributed by atoms with Crippen LogP contribution in [0.3, 0.4) is 0 Å². The van der Waals surface area contributed by atoms with E-state index in [-0.39, 0.29) is 41.4 Å². The van der Waals surface area contributed by atoms with E-state index in [9.17, 15) is 34.2 Å². The van der Waals surface area contributed by atoms with Crippen molar-refractivity contribution < 1.29 is 38.9 Å². The number of carbonyl (C=O) groups is 5. The number of hydrogen-bond donors (Lipinski definition) is 2. The number of methoxy groups -OCH3 is 1. The Hall–Kier alpha value is -4.79. The van der Waals surface area contributed by atoms with Crippen LogP contribution in [0.2, 0.25) is 0 Å². The zero-order valence-electron chi connectivity index (χ0n) is 21.7. The number of amides is 2. The number of phenols is 1. The number of allylic oxidation sites excluding steroid dienone is 6. The summed E-state index contributed by atoms with van der Waals surface area (Å²) in [4.78, 5) is 66.9. The molecule has 202 valence electrons. The van der Waals surface area contributed by atoms with Crippen molar-refractivity contribution >= 4 is 35.0 Å². The van der Waals surface area contributed by atoms with E-state index in [2.05, 4.69) is 0 Å². The van der Waals surface area contributed by atoms with E-state index in [1.165, 1.54) is 49.6 Å². The molecule has 3 aliphatic carbocycles. The number of rotatable bonds is 4. The Morgan fingerprint density at radius 3 is 2.52 bits per heavy atom. The van der Waals surface area contributed by atoms with Crippen molar-refractivity contribution in [2.24, 2.45) is 17.8 Å². The predicted molar refractivity (Wildman–Crippen MR) is 142 cm³/mol. The number of phenolic OH excluding ortho intramolecular Hbond substituents is 1. The number of carboxylic acids is 1. The predicted octanol–water partition coefficient (Wildman–Crippen LogP) is 3.73. The summed E-state index contributed by atoms with van der Waals surface area (Å²) in [5.41, 5.74) is 2.40. The molecule has 0 radical (unpaired) electrons. The van der Waals surface area contributed by atoms with Crippen LogP contribution in [-0.4, -0.2) is 46.7 Å². The Labute approximate surface area is 229 Å². The summed E-state index contributed by atoms with van der Waals surface area (Å²) < 4.78 is 5.55. The van der Waals surface area contributed by atoms with Gasteiger partial charge in [-0.3, -0.25) is 24.1 Å². The van der Waals surface area contributed by atoms with Gasteiger partial charge < -0.3 is 14.9 Å². The smallest absolute Gasteiger partial charge is 0.335 e. The summed E-state index contributed by atoms with van der Waals surface area (Å²) in [6.07, 6.45) is 3.58. The Morgan fingerprint density at radius 2 is 1.80 bits per heavy atom. The first kappa shape index (κ1) is 25.5. The molecule has 1 saturated heterocycles. The van der Waals surface area contributed by atoms with Crippen LogP contribution in [0, 0.1) is 17.8 Å². The molecule has 1 fully saturated rings. The van der Waals surface area contributed by atoms with Crippen molar-refractivity contribution in [2.75, 3.05) is 12.0 Å². The van der Waals surface area contributed by atoms with Crippen LogP contribution in [0.4, 0.5) is 5.69 Å². The fraction of sp³-hybridized carbons (Fsp3) is 0.258. The maximum Gasteiger partial charge on any atom is 0.335 e. The Balaban J connectivity index is 1.49. The van der Waals surface area contributed by atoms with Gasteiger partial charge in [-0.15, -0.1) is 0 Å². The van der Waals surface area contributed by atoms with Gasteiger partial charge in [0.2, 0.25) is 11.8 Å². The summed E-state index contributed by atoms with van der Waals surface area (Å²) in [7, 11) is 1.44. The van der Waals surface area contributed by atoms with Gasteiger partial charge >= 0.3 is 5.97 Å².